The number of hydrogen-bond donors (Lipinski definition) is 1. The summed E-state index contributed by atoms with van der Waals surface area (Å²) in [6, 6.07) is 0.496. The third-order valence-electron chi connectivity index (χ3n) is 6.21. The zero-order valence-electron chi connectivity index (χ0n) is 15.0. The molecule has 0 aromatic carbocycles. The van der Waals surface area contributed by atoms with Gasteiger partial charge in [0.1, 0.15) is 0 Å². The molecule has 0 radical (unpaired) electrons. The fourth-order valence-corrected chi connectivity index (χ4v) is 5.86. The summed E-state index contributed by atoms with van der Waals surface area (Å²) in [7, 11) is 0. The van der Waals surface area contributed by atoms with Crippen molar-refractivity contribution in [2.45, 2.75) is 39.3 Å². The van der Waals surface area contributed by atoms with Crippen LogP contribution in [-0.4, -0.2) is 71.3 Å². The van der Waals surface area contributed by atoms with Crippen LogP contribution in [0.4, 0.5) is 0 Å². The van der Waals surface area contributed by atoms with Crippen LogP contribution in [0.5, 0.6) is 0 Å². The molecule has 2 atom stereocenters. The number of carbonyl (C=O) groups is 1. The maximum Gasteiger partial charge on any atom is 0.312 e. The lowest BCUT2D eigenvalue weighted by molar-refractivity contribution is -0.149. The summed E-state index contributed by atoms with van der Waals surface area (Å²) in [5, 5.41) is 11.1. The van der Waals surface area contributed by atoms with E-state index in [4.69, 9.17) is 4.74 Å². The van der Waals surface area contributed by atoms with Gasteiger partial charge in [-0.1, -0.05) is 0 Å². The van der Waals surface area contributed by atoms with Crippen molar-refractivity contribution < 1.29 is 14.6 Å². The van der Waals surface area contributed by atoms with Crippen molar-refractivity contribution in [2.24, 2.45) is 11.3 Å². The van der Waals surface area contributed by atoms with Gasteiger partial charge in [0.05, 0.1) is 16.1 Å². The molecule has 1 aromatic rings. The number of carboxylic acids is 1. The molecule has 0 amide bonds. The van der Waals surface area contributed by atoms with E-state index in [1.165, 1.54) is 4.88 Å². The Bertz CT molecular complexity index is 658. The molecule has 3 fully saturated rings. The highest BCUT2D eigenvalue weighted by atomic mass is 32.1. The van der Waals surface area contributed by atoms with E-state index >= 15 is 0 Å². The van der Waals surface area contributed by atoms with Gasteiger partial charge in [-0.2, -0.15) is 0 Å². The van der Waals surface area contributed by atoms with Crippen molar-refractivity contribution in [3.63, 3.8) is 0 Å². The zero-order valence-corrected chi connectivity index (χ0v) is 15.8. The van der Waals surface area contributed by atoms with E-state index in [2.05, 4.69) is 21.7 Å². The van der Waals surface area contributed by atoms with Crippen molar-refractivity contribution >= 4 is 17.3 Å². The number of likely N-dealkylation sites (tertiary alicyclic amines) is 2. The highest BCUT2D eigenvalue weighted by molar-refractivity contribution is 7.11. The molecule has 0 saturated carbocycles. The summed E-state index contributed by atoms with van der Waals surface area (Å²) in [4.78, 5) is 22.8. The minimum atomic E-state index is -0.619. The molecular formula is C18H27N3O3S. The summed E-state index contributed by atoms with van der Waals surface area (Å²) < 4.78 is 5.47. The molecule has 6 nitrogen and oxygen atoms in total. The Morgan fingerprint density at radius 1 is 1.32 bits per heavy atom. The largest absolute Gasteiger partial charge is 0.481 e. The first kappa shape index (κ1) is 17.4. The normalized spacial score (nSPS) is 31.5. The molecule has 0 bridgehead atoms. The Morgan fingerprint density at radius 3 is 2.68 bits per heavy atom. The Morgan fingerprint density at radius 2 is 2.08 bits per heavy atom. The fourth-order valence-electron chi connectivity index (χ4n) is 4.88. The Balaban J connectivity index is 1.47. The van der Waals surface area contributed by atoms with E-state index in [1.807, 2.05) is 6.92 Å². The van der Waals surface area contributed by atoms with Crippen molar-refractivity contribution in [1.29, 1.82) is 0 Å². The van der Waals surface area contributed by atoms with Gasteiger partial charge in [-0.05, 0) is 26.7 Å². The number of fused-ring (bicyclic) bond motifs is 1. The maximum atomic E-state index is 12.2. The average Bonchev–Trinajstić information content (AvgIpc) is 3.19. The van der Waals surface area contributed by atoms with Gasteiger partial charge in [-0.15, -0.1) is 11.3 Å². The lowest BCUT2D eigenvalue weighted by Gasteiger charge is -2.33. The van der Waals surface area contributed by atoms with E-state index in [0.717, 1.165) is 56.4 Å². The molecule has 25 heavy (non-hydrogen) atoms. The van der Waals surface area contributed by atoms with Crippen LogP contribution in [0.15, 0.2) is 0 Å². The molecule has 138 valence electrons. The molecule has 1 aromatic heterocycles. The molecule has 0 spiro atoms. The second-order valence-electron chi connectivity index (χ2n) is 7.84. The van der Waals surface area contributed by atoms with E-state index in [-0.39, 0.29) is 5.92 Å². The van der Waals surface area contributed by atoms with E-state index < -0.39 is 11.4 Å². The maximum absolute atomic E-state index is 12.2. The van der Waals surface area contributed by atoms with Gasteiger partial charge in [0, 0.05) is 62.8 Å². The summed E-state index contributed by atoms with van der Waals surface area (Å²) in [6.45, 7) is 9.67. The van der Waals surface area contributed by atoms with Gasteiger partial charge >= 0.3 is 5.97 Å². The first-order valence-corrected chi connectivity index (χ1v) is 10.00. The third-order valence-corrected chi connectivity index (χ3v) is 7.26. The van der Waals surface area contributed by atoms with Gasteiger partial charge in [-0.3, -0.25) is 14.6 Å². The van der Waals surface area contributed by atoms with E-state index in [1.54, 1.807) is 11.3 Å². The number of aromatic nitrogens is 1. The van der Waals surface area contributed by atoms with E-state index in [9.17, 15) is 9.90 Å². The van der Waals surface area contributed by atoms with Gasteiger partial charge in [-0.25, -0.2) is 4.98 Å². The summed E-state index contributed by atoms with van der Waals surface area (Å²) in [5.41, 5.74) is 0.485. The monoisotopic (exact) mass is 365 g/mol. The van der Waals surface area contributed by atoms with Crippen LogP contribution in [-0.2, 0) is 16.1 Å². The lowest BCUT2D eigenvalue weighted by Crippen LogP contribution is -2.44. The number of aryl methyl sites for hydroxylation is 2. The molecule has 4 heterocycles. The molecular weight excluding hydrogens is 338 g/mol. The minimum Gasteiger partial charge on any atom is -0.481 e. The Labute approximate surface area is 152 Å². The second-order valence-corrected chi connectivity index (χ2v) is 9.13. The first-order valence-electron chi connectivity index (χ1n) is 9.18. The van der Waals surface area contributed by atoms with E-state index in [0.29, 0.717) is 19.1 Å². The van der Waals surface area contributed by atoms with Crippen LogP contribution in [0.25, 0.3) is 0 Å². The topological polar surface area (TPSA) is 65.9 Å². The van der Waals surface area contributed by atoms with Crippen LogP contribution in [0.1, 0.15) is 28.4 Å². The van der Waals surface area contributed by atoms with Crippen LogP contribution < -0.4 is 0 Å². The molecule has 0 aliphatic carbocycles. The van der Waals surface area contributed by atoms with Gasteiger partial charge in [0.2, 0.25) is 0 Å². The van der Waals surface area contributed by atoms with Crippen molar-refractivity contribution in [3.05, 3.63) is 15.6 Å². The average molecular weight is 365 g/mol. The number of carboxylic acid groups (broad SMARTS) is 1. The van der Waals surface area contributed by atoms with Crippen LogP contribution >= 0.6 is 11.3 Å². The molecule has 3 aliphatic heterocycles. The number of nitrogens with zero attached hydrogens (tertiary/aromatic N) is 3. The SMILES string of the molecule is Cc1nc(C)c(CN2C[C@@H]3CN(C4CCOCC4)C[C@]3(C(=O)O)C2)s1. The predicted molar refractivity (Wildman–Crippen MR) is 95.8 cm³/mol. The molecule has 3 aliphatic rings. The van der Waals surface area contributed by atoms with Crippen LogP contribution in [0.3, 0.4) is 0 Å². The van der Waals surface area contributed by atoms with Gasteiger partial charge in [0.15, 0.2) is 0 Å². The standard InChI is InChI=1S/C18H27N3O3S/c1-12-16(25-13(2)19-12)9-20-7-14-8-21(15-3-5-24-6-4-15)11-18(14,10-20)17(22)23/h14-15H,3-11H2,1-2H3,(H,22,23)/t14-,18-/m1/s1. The summed E-state index contributed by atoms with van der Waals surface area (Å²) in [5.74, 6) is -0.395. The number of aliphatic carboxylic acids is 1. The van der Waals surface area contributed by atoms with Gasteiger partial charge in [0.25, 0.3) is 0 Å². The minimum absolute atomic E-state index is 0.224. The smallest absolute Gasteiger partial charge is 0.312 e. The number of ether oxygens (including phenoxy) is 1. The van der Waals surface area contributed by atoms with Gasteiger partial charge < -0.3 is 9.84 Å². The number of hydrogen-bond acceptors (Lipinski definition) is 6. The number of thiazole rings is 1. The molecule has 3 saturated heterocycles. The van der Waals surface area contributed by atoms with Crippen molar-refractivity contribution in [1.82, 2.24) is 14.8 Å². The second kappa shape index (κ2) is 6.61. The molecule has 4 rings (SSSR count). The number of rotatable bonds is 4. The molecule has 0 unspecified atom stereocenters. The third kappa shape index (κ3) is 3.12. The highest BCUT2D eigenvalue weighted by Gasteiger charge is 2.58. The summed E-state index contributed by atoms with van der Waals surface area (Å²) in [6.07, 6.45) is 2.07. The van der Waals surface area contributed by atoms with Crippen LogP contribution in [0, 0.1) is 25.2 Å². The Hall–Kier alpha value is -1.02. The predicted octanol–water partition coefficient (Wildman–Crippen LogP) is 1.76. The van der Waals surface area contributed by atoms with Crippen molar-refractivity contribution in [3.8, 4) is 0 Å². The fraction of sp³-hybridized carbons (Fsp3) is 0.778. The van der Waals surface area contributed by atoms with Crippen molar-refractivity contribution in [2.75, 3.05) is 39.4 Å². The molecule has 7 heteroatoms. The lowest BCUT2D eigenvalue weighted by atomic mass is 9.81. The zero-order chi connectivity index (χ0) is 17.6. The first-order chi connectivity index (χ1) is 12.0. The quantitative estimate of drug-likeness (QED) is 0.877. The Kier molecular flexibility index (Phi) is 4.60. The van der Waals surface area contributed by atoms with Crippen LogP contribution in [0.2, 0.25) is 0 Å². The highest BCUT2D eigenvalue weighted by Crippen LogP contribution is 2.45. The summed E-state index contributed by atoms with van der Waals surface area (Å²) >= 11 is 1.74. The molecule has 1 N–H and O–H groups in total.